The summed E-state index contributed by atoms with van der Waals surface area (Å²) in [6.07, 6.45) is 4.05. The summed E-state index contributed by atoms with van der Waals surface area (Å²) in [7, 11) is 0. The normalized spacial score (nSPS) is 30.8. The summed E-state index contributed by atoms with van der Waals surface area (Å²) in [4.78, 5) is 30.1. The van der Waals surface area contributed by atoms with Crippen LogP contribution in [-0.2, 0) is 16.0 Å². The average molecular weight is 481 g/mol. The minimum absolute atomic E-state index is 0.0485. The lowest BCUT2D eigenvalue weighted by Gasteiger charge is -2.58. The molecular formula is C24H40N4O4S. The second kappa shape index (κ2) is 10.7. The molecule has 1 saturated carbocycles. The topological polar surface area (TPSA) is 124 Å². The van der Waals surface area contributed by atoms with Crippen molar-refractivity contribution >= 4 is 28.3 Å². The first kappa shape index (κ1) is 25.9. The number of aromatic nitrogens is 1. The predicted octanol–water partition coefficient (Wildman–Crippen LogP) is 2.41. The van der Waals surface area contributed by atoms with Crippen molar-refractivity contribution in [3.05, 3.63) is 10.6 Å². The lowest BCUT2D eigenvalue weighted by molar-refractivity contribution is -0.144. The number of carbonyl (C=O) groups excluding carboxylic acids is 2. The number of aliphatic hydroxyl groups excluding tert-OH is 2. The summed E-state index contributed by atoms with van der Waals surface area (Å²) < 4.78 is 0. The van der Waals surface area contributed by atoms with Gasteiger partial charge in [-0.05, 0) is 37.0 Å². The Bertz CT molecular complexity index is 846. The number of hydrogen-bond acceptors (Lipinski definition) is 7. The van der Waals surface area contributed by atoms with Gasteiger partial charge in [-0.2, -0.15) is 0 Å². The molecule has 0 aliphatic heterocycles. The summed E-state index contributed by atoms with van der Waals surface area (Å²) in [6.45, 7) is 9.36. The number of thiazole rings is 1. The zero-order valence-electron chi connectivity index (χ0n) is 20.4. The van der Waals surface area contributed by atoms with E-state index in [2.05, 4.69) is 29.8 Å². The first-order valence-corrected chi connectivity index (χ1v) is 13.0. The minimum atomic E-state index is -0.620. The van der Waals surface area contributed by atoms with E-state index in [1.807, 2.05) is 6.92 Å². The predicted molar refractivity (Wildman–Crippen MR) is 130 cm³/mol. The Balaban J connectivity index is 1.88. The second-order valence-corrected chi connectivity index (χ2v) is 11.3. The van der Waals surface area contributed by atoms with E-state index in [1.165, 1.54) is 6.92 Å². The van der Waals surface area contributed by atoms with Gasteiger partial charge in [0.25, 0.3) is 0 Å². The molecule has 3 rings (SSSR count). The van der Waals surface area contributed by atoms with Crippen LogP contribution < -0.4 is 16.0 Å². The maximum absolute atomic E-state index is 12.9. The first-order chi connectivity index (χ1) is 15.7. The minimum Gasteiger partial charge on any atom is -0.396 e. The monoisotopic (exact) mass is 480 g/mol. The number of amides is 2. The Morgan fingerprint density at radius 2 is 1.94 bits per heavy atom. The van der Waals surface area contributed by atoms with Gasteiger partial charge in [-0.1, -0.05) is 27.2 Å². The molecule has 5 unspecified atom stereocenters. The molecule has 0 spiro atoms. The molecule has 1 aromatic rings. The Kier molecular flexibility index (Phi) is 8.40. The molecule has 1 heterocycles. The second-order valence-electron chi connectivity index (χ2n) is 10.2. The molecule has 2 aliphatic carbocycles. The molecule has 5 atom stereocenters. The number of fused-ring (bicyclic) bond motifs is 2. The van der Waals surface area contributed by atoms with Crippen molar-refractivity contribution < 1.29 is 19.8 Å². The molecule has 0 radical (unpaired) electrons. The number of carbonyl (C=O) groups is 2. The average Bonchev–Trinajstić information content (AvgIpc) is 3.18. The van der Waals surface area contributed by atoms with Crippen molar-refractivity contribution in [1.82, 2.24) is 15.6 Å². The summed E-state index contributed by atoms with van der Waals surface area (Å²) in [5.41, 5.74) is 0.115. The smallest absolute Gasteiger partial charge is 0.220 e. The van der Waals surface area contributed by atoms with Gasteiger partial charge < -0.3 is 26.2 Å². The zero-order valence-corrected chi connectivity index (χ0v) is 21.2. The molecule has 8 nitrogen and oxygen atoms in total. The maximum atomic E-state index is 12.9. The summed E-state index contributed by atoms with van der Waals surface area (Å²) in [5, 5.41) is 31.1. The molecule has 186 valence electrons. The van der Waals surface area contributed by atoms with Gasteiger partial charge in [0, 0.05) is 49.2 Å². The van der Waals surface area contributed by atoms with E-state index in [9.17, 15) is 19.8 Å². The molecule has 1 fully saturated rings. The van der Waals surface area contributed by atoms with Crippen LogP contribution in [0.3, 0.4) is 0 Å². The van der Waals surface area contributed by atoms with Crippen molar-refractivity contribution in [2.45, 2.75) is 78.2 Å². The quantitative estimate of drug-likeness (QED) is 0.328. The number of rotatable bonds is 10. The van der Waals surface area contributed by atoms with Gasteiger partial charge in [0.2, 0.25) is 11.8 Å². The van der Waals surface area contributed by atoms with Crippen LogP contribution >= 0.6 is 11.3 Å². The largest absolute Gasteiger partial charge is 0.396 e. The number of aliphatic hydroxyl groups is 2. The Labute approximate surface area is 201 Å². The van der Waals surface area contributed by atoms with Gasteiger partial charge in [0.1, 0.15) is 0 Å². The van der Waals surface area contributed by atoms with E-state index >= 15 is 0 Å². The molecule has 1 aromatic heterocycles. The molecule has 0 aromatic carbocycles. The fourth-order valence-corrected chi connectivity index (χ4v) is 6.89. The lowest BCUT2D eigenvalue weighted by Crippen LogP contribution is -2.57. The van der Waals surface area contributed by atoms with Crippen LogP contribution in [0.15, 0.2) is 0 Å². The highest BCUT2D eigenvalue weighted by atomic mass is 32.1. The van der Waals surface area contributed by atoms with Gasteiger partial charge in [-0.25, -0.2) is 4.98 Å². The highest BCUT2D eigenvalue weighted by Crippen LogP contribution is 2.62. The molecule has 2 amide bonds. The Morgan fingerprint density at radius 1 is 1.21 bits per heavy atom. The molecule has 33 heavy (non-hydrogen) atoms. The maximum Gasteiger partial charge on any atom is 0.220 e. The molecule has 5 N–H and O–H groups in total. The Morgan fingerprint density at radius 3 is 2.61 bits per heavy atom. The van der Waals surface area contributed by atoms with Crippen LogP contribution in [0.5, 0.6) is 0 Å². The van der Waals surface area contributed by atoms with E-state index in [4.69, 9.17) is 4.98 Å². The zero-order chi connectivity index (χ0) is 24.2. The molecule has 2 aliphatic rings. The van der Waals surface area contributed by atoms with Gasteiger partial charge in [0.15, 0.2) is 5.13 Å². The molecular weight excluding hydrogens is 440 g/mol. The number of nitrogens with zero attached hydrogens (tertiary/aromatic N) is 1. The number of anilines is 1. The SMILES string of the molecule is CCCCNc1nc2c(s1)CC1C(C)(CO)C(O)CCC1(C)C2CC(=O)NCCNC(C)=O. The molecule has 0 saturated heterocycles. The highest BCUT2D eigenvalue weighted by molar-refractivity contribution is 7.15. The van der Waals surface area contributed by atoms with Gasteiger partial charge >= 0.3 is 0 Å². The van der Waals surface area contributed by atoms with E-state index in [1.54, 1.807) is 11.3 Å². The number of nitrogens with one attached hydrogen (secondary N) is 3. The highest BCUT2D eigenvalue weighted by Gasteiger charge is 2.59. The summed E-state index contributed by atoms with van der Waals surface area (Å²) in [5.74, 6) is -0.231. The third-order valence-corrected chi connectivity index (χ3v) is 8.96. The number of unbranched alkanes of at least 4 members (excludes halogenated alkanes) is 1. The van der Waals surface area contributed by atoms with Gasteiger partial charge in [-0.15, -0.1) is 11.3 Å². The van der Waals surface area contributed by atoms with Crippen molar-refractivity contribution in [3.8, 4) is 0 Å². The third-order valence-electron chi connectivity index (χ3n) is 7.91. The van der Waals surface area contributed by atoms with Crippen LogP contribution in [-0.4, -0.2) is 59.4 Å². The summed E-state index contributed by atoms with van der Waals surface area (Å²) in [6, 6.07) is 0. The van der Waals surface area contributed by atoms with Crippen LogP contribution in [0.4, 0.5) is 5.13 Å². The van der Waals surface area contributed by atoms with E-state index in [0.717, 1.165) is 47.9 Å². The fraction of sp³-hybridized carbons (Fsp3) is 0.792. The summed E-state index contributed by atoms with van der Waals surface area (Å²) >= 11 is 1.64. The van der Waals surface area contributed by atoms with Crippen molar-refractivity contribution in [3.63, 3.8) is 0 Å². The van der Waals surface area contributed by atoms with E-state index in [-0.39, 0.29) is 35.7 Å². The molecule has 9 heteroatoms. The van der Waals surface area contributed by atoms with Crippen LogP contribution in [0, 0.1) is 16.7 Å². The van der Waals surface area contributed by atoms with E-state index in [0.29, 0.717) is 25.9 Å². The van der Waals surface area contributed by atoms with Crippen LogP contribution in [0.2, 0.25) is 0 Å². The first-order valence-electron chi connectivity index (χ1n) is 12.2. The standard InChI is InChI=1S/C24H40N4O4S/c1-5-6-9-27-22-28-21-16(12-20(32)26-11-10-25-15(2)30)23(3)8-7-19(31)24(4,14-29)18(23)13-17(21)33-22/h16,18-19,29,31H,5-14H2,1-4H3,(H,25,30)(H,26,32)(H,27,28). The van der Waals surface area contributed by atoms with Crippen LogP contribution in [0.1, 0.15) is 76.3 Å². The van der Waals surface area contributed by atoms with Crippen molar-refractivity contribution in [2.24, 2.45) is 16.7 Å². The van der Waals surface area contributed by atoms with Crippen molar-refractivity contribution in [1.29, 1.82) is 0 Å². The van der Waals surface area contributed by atoms with Gasteiger partial charge in [0.05, 0.1) is 18.4 Å². The lowest BCUT2D eigenvalue weighted by atomic mass is 9.47. The third kappa shape index (κ3) is 5.35. The fourth-order valence-electron chi connectivity index (χ4n) is 5.79. The van der Waals surface area contributed by atoms with Crippen molar-refractivity contribution in [2.75, 3.05) is 31.6 Å². The molecule has 0 bridgehead atoms. The Hall–Kier alpha value is -1.71. The van der Waals surface area contributed by atoms with E-state index < -0.39 is 11.5 Å². The van der Waals surface area contributed by atoms with Crippen LogP contribution in [0.25, 0.3) is 0 Å². The number of hydrogen-bond donors (Lipinski definition) is 5. The van der Waals surface area contributed by atoms with Gasteiger partial charge in [-0.3, -0.25) is 9.59 Å².